The molecule has 0 saturated carbocycles. The normalized spacial score (nSPS) is 11.2. The lowest BCUT2D eigenvalue weighted by Gasteiger charge is -2.20. The molecule has 0 atom stereocenters. The number of benzene rings is 2. The van der Waals surface area contributed by atoms with Gasteiger partial charge in [0.15, 0.2) is 0 Å². The smallest absolute Gasteiger partial charge is 0.320 e. The molecule has 0 aliphatic rings. The monoisotopic (exact) mass is 453 g/mol. The van der Waals surface area contributed by atoms with Gasteiger partial charge in [-0.05, 0) is 44.5 Å². The lowest BCUT2D eigenvalue weighted by molar-refractivity contribution is -0.137. The summed E-state index contributed by atoms with van der Waals surface area (Å²) < 4.78 is 40.6. The number of hydrogen-bond acceptors (Lipinski definition) is 3. The summed E-state index contributed by atoms with van der Waals surface area (Å²) in [6.07, 6.45) is 0.888. The van der Waals surface area contributed by atoms with E-state index in [0.29, 0.717) is 0 Å². The van der Waals surface area contributed by atoms with Gasteiger partial charge < -0.3 is 4.90 Å². The van der Waals surface area contributed by atoms with Crippen LogP contribution in [0.1, 0.15) is 38.4 Å². The Morgan fingerprint density at radius 3 is 2.36 bits per heavy atom. The van der Waals surface area contributed by atoms with Crippen LogP contribution in [0.15, 0.2) is 48.5 Å². The predicted octanol–water partition coefficient (Wildman–Crippen LogP) is 4.66. The first-order chi connectivity index (χ1) is 15.5. The van der Waals surface area contributed by atoms with E-state index in [2.05, 4.69) is 11.0 Å². The standard InChI is InChI=1S/C25H22F3N3O2/c1-5-13-30(15-19-11-9-16(2)10-12-19)24(33)23(32)22-17(3)29-31(18(22)4)21-8-6-7-20(14-21)25(26,27)28/h1,6-12,14H,13,15H2,2-4H3. The van der Waals surface area contributed by atoms with Gasteiger partial charge in [-0.15, -0.1) is 6.42 Å². The number of terminal acetylenes is 1. The van der Waals surface area contributed by atoms with Crippen LogP contribution < -0.4 is 0 Å². The third-order valence-electron chi connectivity index (χ3n) is 5.19. The molecule has 3 aromatic rings. The van der Waals surface area contributed by atoms with Crippen LogP contribution in [0.3, 0.4) is 0 Å². The molecule has 33 heavy (non-hydrogen) atoms. The van der Waals surface area contributed by atoms with Gasteiger partial charge in [0.2, 0.25) is 0 Å². The molecular formula is C25H22F3N3O2. The van der Waals surface area contributed by atoms with Crippen LogP contribution in [-0.2, 0) is 17.5 Å². The number of aromatic nitrogens is 2. The number of halogens is 3. The number of aryl methyl sites for hydroxylation is 2. The lowest BCUT2D eigenvalue weighted by Crippen LogP contribution is -2.37. The van der Waals surface area contributed by atoms with E-state index >= 15 is 0 Å². The Morgan fingerprint density at radius 2 is 1.76 bits per heavy atom. The SMILES string of the molecule is C#CCN(Cc1ccc(C)cc1)C(=O)C(=O)c1c(C)nn(-c2cccc(C(F)(F)F)c2)c1C. The lowest BCUT2D eigenvalue weighted by atomic mass is 10.1. The van der Waals surface area contributed by atoms with Crippen LogP contribution in [0.2, 0.25) is 0 Å². The van der Waals surface area contributed by atoms with Crippen LogP contribution in [0.5, 0.6) is 0 Å². The predicted molar refractivity (Wildman–Crippen MR) is 118 cm³/mol. The minimum absolute atomic E-state index is 0.0448. The van der Waals surface area contributed by atoms with Crippen LogP contribution in [0.4, 0.5) is 13.2 Å². The van der Waals surface area contributed by atoms with Crippen molar-refractivity contribution in [1.82, 2.24) is 14.7 Å². The van der Waals surface area contributed by atoms with Gasteiger partial charge in [-0.3, -0.25) is 9.59 Å². The van der Waals surface area contributed by atoms with Crippen molar-refractivity contribution in [2.75, 3.05) is 6.54 Å². The first-order valence-electron chi connectivity index (χ1n) is 10.1. The Kier molecular flexibility index (Phi) is 6.73. The number of nitrogens with zero attached hydrogens (tertiary/aromatic N) is 3. The van der Waals surface area contributed by atoms with Gasteiger partial charge in [0.25, 0.3) is 11.7 Å². The molecule has 0 spiro atoms. The number of ketones is 1. The number of amides is 1. The molecule has 0 bridgehead atoms. The Balaban J connectivity index is 1.93. The molecule has 8 heteroatoms. The Morgan fingerprint density at radius 1 is 1.09 bits per heavy atom. The highest BCUT2D eigenvalue weighted by Crippen LogP contribution is 2.31. The molecule has 0 unspecified atom stereocenters. The molecule has 5 nitrogen and oxygen atoms in total. The van der Waals surface area contributed by atoms with Crippen molar-refractivity contribution in [2.24, 2.45) is 0 Å². The molecule has 1 aromatic heterocycles. The van der Waals surface area contributed by atoms with Crippen molar-refractivity contribution in [3.05, 3.63) is 82.2 Å². The van der Waals surface area contributed by atoms with Crippen molar-refractivity contribution >= 4 is 11.7 Å². The van der Waals surface area contributed by atoms with E-state index < -0.39 is 23.4 Å². The van der Waals surface area contributed by atoms with E-state index in [9.17, 15) is 22.8 Å². The number of hydrogen-bond donors (Lipinski definition) is 0. The van der Waals surface area contributed by atoms with Gasteiger partial charge in [-0.25, -0.2) is 4.68 Å². The van der Waals surface area contributed by atoms with Crippen molar-refractivity contribution in [3.63, 3.8) is 0 Å². The maximum atomic E-state index is 13.1. The summed E-state index contributed by atoms with van der Waals surface area (Å²) in [7, 11) is 0. The van der Waals surface area contributed by atoms with Crippen molar-refractivity contribution in [2.45, 2.75) is 33.5 Å². The molecule has 0 N–H and O–H groups in total. The highest BCUT2D eigenvalue weighted by atomic mass is 19.4. The number of carbonyl (C=O) groups is 2. The molecule has 1 heterocycles. The van der Waals surface area contributed by atoms with E-state index in [1.165, 1.54) is 35.6 Å². The second kappa shape index (κ2) is 9.33. The molecule has 3 rings (SSSR count). The molecule has 0 saturated heterocycles. The summed E-state index contributed by atoms with van der Waals surface area (Å²) in [6, 6.07) is 12.1. The van der Waals surface area contributed by atoms with Crippen LogP contribution in [0, 0.1) is 33.1 Å². The topological polar surface area (TPSA) is 55.2 Å². The number of carbonyl (C=O) groups excluding carboxylic acids is 2. The van der Waals surface area contributed by atoms with Gasteiger partial charge in [-0.1, -0.05) is 41.8 Å². The third-order valence-corrected chi connectivity index (χ3v) is 5.19. The molecule has 1 amide bonds. The van der Waals surface area contributed by atoms with E-state index in [1.54, 1.807) is 0 Å². The molecule has 0 radical (unpaired) electrons. The summed E-state index contributed by atoms with van der Waals surface area (Å²) in [5.74, 6) is 0.776. The zero-order chi connectivity index (χ0) is 24.3. The third kappa shape index (κ3) is 5.14. The molecule has 0 fully saturated rings. The second-order valence-corrected chi connectivity index (χ2v) is 7.69. The molecule has 170 valence electrons. The van der Waals surface area contributed by atoms with Gasteiger partial charge >= 0.3 is 6.18 Å². The first kappa shape index (κ1) is 23.8. The highest BCUT2D eigenvalue weighted by Gasteiger charge is 2.32. The van der Waals surface area contributed by atoms with Crippen LogP contribution >= 0.6 is 0 Å². The van der Waals surface area contributed by atoms with Crippen LogP contribution in [0.25, 0.3) is 5.69 Å². The molecule has 2 aromatic carbocycles. The summed E-state index contributed by atoms with van der Waals surface area (Å²) in [5.41, 5.74) is 1.71. The Bertz CT molecular complexity index is 1240. The Hall–Kier alpha value is -3.86. The van der Waals surface area contributed by atoms with Crippen molar-refractivity contribution < 1.29 is 22.8 Å². The van der Waals surface area contributed by atoms with Crippen molar-refractivity contribution in [3.8, 4) is 18.0 Å². The number of Topliss-reactive ketones (excluding diaryl/α,β-unsaturated/α-hetero) is 1. The molecule has 0 aliphatic carbocycles. The summed E-state index contributed by atoms with van der Waals surface area (Å²) in [5, 5.41) is 4.22. The number of alkyl halides is 3. The number of rotatable bonds is 6. The summed E-state index contributed by atoms with van der Waals surface area (Å²) in [6.45, 7) is 5.08. The maximum Gasteiger partial charge on any atom is 0.416 e. The fourth-order valence-corrected chi connectivity index (χ4v) is 3.51. The summed E-state index contributed by atoms with van der Waals surface area (Å²) in [4.78, 5) is 27.4. The average Bonchev–Trinajstić information content (AvgIpc) is 3.07. The molecular weight excluding hydrogens is 431 g/mol. The second-order valence-electron chi connectivity index (χ2n) is 7.69. The van der Waals surface area contributed by atoms with Gasteiger partial charge in [-0.2, -0.15) is 18.3 Å². The fraction of sp³-hybridized carbons (Fsp3) is 0.240. The largest absolute Gasteiger partial charge is 0.416 e. The zero-order valence-electron chi connectivity index (χ0n) is 18.4. The fourth-order valence-electron chi connectivity index (χ4n) is 3.51. The zero-order valence-corrected chi connectivity index (χ0v) is 18.4. The minimum atomic E-state index is -4.52. The highest BCUT2D eigenvalue weighted by molar-refractivity contribution is 6.43. The first-order valence-corrected chi connectivity index (χ1v) is 10.1. The van der Waals surface area contributed by atoms with E-state index in [1.807, 2.05) is 31.2 Å². The van der Waals surface area contributed by atoms with Gasteiger partial charge in [0.05, 0.1) is 34.7 Å². The van der Waals surface area contributed by atoms with E-state index in [-0.39, 0.29) is 35.7 Å². The van der Waals surface area contributed by atoms with Gasteiger partial charge in [0, 0.05) is 6.54 Å². The van der Waals surface area contributed by atoms with Crippen LogP contribution in [-0.4, -0.2) is 32.9 Å². The van der Waals surface area contributed by atoms with Crippen molar-refractivity contribution in [1.29, 1.82) is 0 Å². The average molecular weight is 453 g/mol. The van der Waals surface area contributed by atoms with Gasteiger partial charge in [0.1, 0.15) is 0 Å². The minimum Gasteiger partial charge on any atom is -0.320 e. The summed E-state index contributed by atoms with van der Waals surface area (Å²) >= 11 is 0. The quantitative estimate of drug-likeness (QED) is 0.310. The van der Waals surface area contributed by atoms with E-state index in [0.717, 1.165) is 23.3 Å². The molecule has 0 aliphatic heterocycles. The Labute approximate surface area is 189 Å². The van der Waals surface area contributed by atoms with E-state index in [4.69, 9.17) is 6.42 Å². The maximum absolute atomic E-state index is 13.1.